The van der Waals surface area contributed by atoms with Crippen molar-refractivity contribution in [3.63, 3.8) is 0 Å². The summed E-state index contributed by atoms with van der Waals surface area (Å²) >= 11 is 0. The van der Waals surface area contributed by atoms with Crippen molar-refractivity contribution in [2.45, 2.75) is 32.9 Å². The van der Waals surface area contributed by atoms with Crippen molar-refractivity contribution in [3.8, 4) is 0 Å². The third-order valence-electron chi connectivity index (χ3n) is 3.80. The van der Waals surface area contributed by atoms with Gasteiger partial charge in [0.15, 0.2) is 0 Å². The fourth-order valence-corrected chi connectivity index (χ4v) is 3.84. The van der Waals surface area contributed by atoms with E-state index in [1.54, 1.807) is 49.6 Å². The maximum Gasteiger partial charge on any atom is 0.244 e. The lowest BCUT2D eigenvalue weighted by atomic mass is 10.1. The van der Waals surface area contributed by atoms with Gasteiger partial charge in [-0.25, -0.2) is 8.42 Å². The molecule has 0 saturated carbocycles. The van der Waals surface area contributed by atoms with Gasteiger partial charge in [0.1, 0.15) is 6.04 Å². The van der Waals surface area contributed by atoms with Crippen molar-refractivity contribution in [2.75, 3.05) is 10.6 Å². The van der Waals surface area contributed by atoms with Gasteiger partial charge < -0.3 is 5.32 Å². The number of amides is 1. The molecule has 0 radical (unpaired) electrons. The Hall–Kier alpha value is -2.41. The van der Waals surface area contributed by atoms with E-state index < -0.39 is 16.1 Å². The first-order valence-electron chi connectivity index (χ1n) is 8.05. The van der Waals surface area contributed by atoms with E-state index in [1.807, 2.05) is 13.0 Å². The summed E-state index contributed by atoms with van der Waals surface area (Å²) in [5, 5.41) is 2.81. The number of hydrogen-bond acceptors (Lipinski definition) is 4. The minimum Gasteiger partial charge on any atom is -0.350 e. The Labute approximate surface area is 148 Å². The topological polar surface area (TPSA) is 79.4 Å². The number of benzene rings is 1. The molecule has 1 atom stereocenters. The number of carbonyl (C=O) groups excluding carboxylic acids is 1. The van der Waals surface area contributed by atoms with E-state index in [1.165, 1.54) is 4.31 Å². The summed E-state index contributed by atoms with van der Waals surface area (Å²) < 4.78 is 25.9. The number of pyridine rings is 1. The van der Waals surface area contributed by atoms with Gasteiger partial charge in [0.2, 0.25) is 15.9 Å². The summed E-state index contributed by atoms with van der Waals surface area (Å²) in [6.45, 7) is 4.00. The van der Waals surface area contributed by atoms with Gasteiger partial charge in [-0.1, -0.05) is 19.1 Å². The van der Waals surface area contributed by atoms with Gasteiger partial charge in [-0.3, -0.25) is 14.1 Å². The van der Waals surface area contributed by atoms with Gasteiger partial charge in [-0.15, -0.1) is 0 Å². The van der Waals surface area contributed by atoms with E-state index >= 15 is 0 Å². The van der Waals surface area contributed by atoms with E-state index in [0.717, 1.165) is 17.4 Å². The second kappa shape index (κ2) is 8.11. The van der Waals surface area contributed by atoms with Crippen LogP contribution in [-0.4, -0.2) is 31.6 Å². The lowest BCUT2D eigenvalue weighted by molar-refractivity contribution is -0.122. The largest absolute Gasteiger partial charge is 0.350 e. The second-order valence-corrected chi connectivity index (χ2v) is 7.75. The number of sulfonamides is 1. The average Bonchev–Trinajstić information content (AvgIpc) is 2.57. The number of rotatable bonds is 7. The van der Waals surface area contributed by atoms with Gasteiger partial charge in [-0.05, 0) is 48.7 Å². The average molecular weight is 361 g/mol. The molecule has 1 amide bonds. The molecule has 0 bridgehead atoms. The zero-order valence-electron chi connectivity index (χ0n) is 14.6. The number of anilines is 1. The quantitative estimate of drug-likeness (QED) is 0.820. The number of nitrogens with zero attached hydrogens (tertiary/aromatic N) is 2. The zero-order chi connectivity index (χ0) is 18.4. The van der Waals surface area contributed by atoms with Crippen molar-refractivity contribution in [3.05, 3.63) is 59.9 Å². The number of nitrogens with one attached hydrogen (secondary N) is 1. The molecule has 2 rings (SSSR count). The monoisotopic (exact) mass is 361 g/mol. The van der Waals surface area contributed by atoms with Crippen LogP contribution in [-0.2, 0) is 21.4 Å². The van der Waals surface area contributed by atoms with Crippen LogP contribution >= 0.6 is 0 Å². The molecule has 1 N–H and O–H groups in total. The highest BCUT2D eigenvalue weighted by atomic mass is 32.2. The fraction of sp³-hybridized carbons (Fsp3) is 0.333. The smallest absolute Gasteiger partial charge is 0.244 e. The maximum absolute atomic E-state index is 12.7. The van der Waals surface area contributed by atoms with Gasteiger partial charge in [-0.2, -0.15) is 0 Å². The summed E-state index contributed by atoms with van der Waals surface area (Å²) in [5.41, 5.74) is 2.33. The molecule has 0 aliphatic heterocycles. The third kappa shape index (κ3) is 5.03. The molecular weight excluding hydrogens is 338 g/mol. The molecular formula is C18H23N3O3S. The molecule has 6 nitrogen and oxygen atoms in total. The SMILES string of the molecule is CC[C@@H](C(=O)NCc1ccncc1)N(c1cccc(C)c1)S(C)(=O)=O. The summed E-state index contributed by atoms with van der Waals surface area (Å²) in [7, 11) is -3.61. The summed E-state index contributed by atoms with van der Waals surface area (Å²) in [4.78, 5) is 16.6. The Morgan fingerprint density at radius 2 is 1.92 bits per heavy atom. The van der Waals surface area contributed by atoms with E-state index in [0.29, 0.717) is 18.7 Å². The first kappa shape index (κ1) is 18.9. The Bertz CT molecular complexity index is 822. The normalized spacial score (nSPS) is 12.4. The Morgan fingerprint density at radius 3 is 2.48 bits per heavy atom. The van der Waals surface area contributed by atoms with Crippen LogP contribution in [0.5, 0.6) is 0 Å². The highest BCUT2D eigenvalue weighted by molar-refractivity contribution is 7.92. The van der Waals surface area contributed by atoms with E-state index in [4.69, 9.17) is 0 Å². The highest BCUT2D eigenvalue weighted by Crippen LogP contribution is 2.23. The number of aromatic nitrogens is 1. The maximum atomic E-state index is 12.7. The molecule has 7 heteroatoms. The van der Waals surface area contributed by atoms with E-state index in [9.17, 15) is 13.2 Å². The lowest BCUT2D eigenvalue weighted by Crippen LogP contribution is -2.49. The molecule has 0 saturated heterocycles. The molecule has 0 unspecified atom stereocenters. The molecule has 1 heterocycles. The minimum absolute atomic E-state index is 0.323. The summed E-state index contributed by atoms with van der Waals surface area (Å²) in [5.74, 6) is -0.328. The second-order valence-electron chi connectivity index (χ2n) is 5.90. The van der Waals surface area contributed by atoms with Crippen LogP contribution in [0.15, 0.2) is 48.8 Å². The fourth-order valence-electron chi connectivity index (χ4n) is 2.63. The standard InChI is InChI=1S/C18H23N3O3S/c1-4-17(18(22)20-13-15-8-10-19-11-9-15)21(25(3,23)24)16-7-5-6-14(2)12-16/h5-12,17H,4,13H2,1-3H3,(H,20,22)/t17-/m0/s1. The van der Waals surface area contributed by atoms with Gasteiger partial charge >= 0.3 is 0 Å². The van der Waals surface area contributed by atoms with Crippen molar-refractivity contribution < 1.29 is 13.2 Å². The van der Waals surface area contributed by atoms with Crippen LogP contribution in [0, 0.1) is 6.92 Å². The molecule has 134 valence electrons. The Morgan fingerprint density at radius 1 is 1.24 bits per heavy atom. The van der Waals surface area contributed by atoms with Crippen LogP contribution in [0.2, 0.25) is 0 Å². The van der Waals surface area contributed by atoms with Gasteiger partial charge in [0, 0.05) is 18.9 Å². The predicted molar refractivity (Wildman–Crippen MR) is 98.7 cm³/mol. The highest BCUT2D eigenvalue weighted by Gasteiger charge is 2.31. The first-order valence-corrected chi connectivity index (χ1v) is 9.90. The molecule has 1 aromatic heterocycles. The van der Waals surface area contributed by atoms with Gasteiger partial charge in [0.05, 0.1) is 11.9 Å². The summed E-state index contributed by atoms with van der Waals surface area (Å²) in [6, 6.07) is 9.93. The lowest BCUT2D eigenvalue weighted by Gasteiger charge is -2.30. The van der Waals surface area contributed by atoms with E-state index in [-0.39, 0.29) is 5.91 Å². The molecule has 0 aliphatic rings. The van der Waals surface area contributed by atoms with E-state index in [2.05, 4.69) is 10.3 Å². The number of hydrogen-bond donors (Lipinski definition) is 1. The molecule has 0 aliphatic carbocycles. The van der Waals surface area contributed by atoms with Crippen molar-refractivity contribution >= 4 is 21.6 Å². The Kier molecular flexibility index (Phi) is 6.14. The molecule has 1 aromatic carbocycles. The predicted octanol–water partition coefficient (Wildman–Crippen LogP) is 2.25. The Balaban J connectivity index is 2.25. The molecule has 0 spiro atoms. The van der Waals surface area contributed by atoms with Crippen molar-refractivity contribution in [1.29, 1.82) is 0 Å². The van der Waals surface area contributed by atoms with Crippen LogP contribution in [0.25, 0.3) is 0 Å². The molecule has 25 heavy (non-hydrogen) atoms. The van der Waals surface area contributed by atoms with Crippen LogP contribution in [0.3, 0.4) is 0 Å². The number of aryl methyl sites for hydroxylation is 1. The van der Waals surface area contributed by atoms with Crippen molar-refractivity contribution in [2.24, 2.45) is 0 Å². The molecule has 2 aromatic rings. The zero-order valence-corrected chi connectivity index (χ0v) is 15.5. The third-order valence-corrected chi connectivity index (χ3v) is 4.98. The van der Waals surface area contributed by atoms with Crippen molar-refractivity contribution in [1.82, 2.24) is 10.3 Å². The minimum atomic E-state index is -3.61. The van der Waals surface area contributed by atoms with Crippen LogP contribution in [0.4, 0.5) is 5.69 Å². The molecule has 0 fully saturated rings. The number of carbonyl (C=O) groups is 1. The van der Waals surface area contributed by atoms with Crippen LogP contribution < -0.4 is 9.62 Å². The first-order chi connectivity index (χ1) is 11.8. The summed E-state index contributed by atoms with van der Waals surface area (Å²) in [6.07, 6.45) is 4.78. The van der Waals surface area contributed by atoms with Gasteiger partial charge in [0.25, 0.3) is 0 Å². The van der Waals surface area contributed by atoms with Crippen LogP contribution in [0.1, 0.15) is 24.5 Å².